The zero-order chi connectivity index (χ0) is 18.1. The lowest BCUT2D eigenvalue weighted by Gasteiger charge is -2.15. The van der Waals surface area contributed by atoms with Crippen molar-refractivity contribution in [1.29, 1.82) is 0 Å². The normalized spacial score (nSPS) is 13.0. The number of amides is 2. The monoisotopic (exact) mass is 363 g/mol. The van der Waals surface area contributed by atoms with Crippen LogP contribution >= 0.6 is 11.6 Å². The molecule has 1 heterocycles. The number of hydrogen-bond acceptors (Lipinski definition) is 3. The number of para-hydroxylation sites is 1. The third-order valence-corrected chi connectivity index (χ3v) is 4.51. The average Bonchev–Trinajstić information content (AvgIpc) is 2.92. The highest BCUT2D eigenvalue weighted by molar-refractivity contribution is 6.34. The lowest BCUT2D eigenvalue weighted by atomic mass is 10.1. The van der Waals surface area contributed by atoms with Crippen molar-refractivity contribution in [2.75, 3.05) is 4.90 Å². The third kappa shape index (κ3) is 2.85. The fourth-order valence-corrected chi connectivity index (χ4v) is 3.12. The predicted octanol–water partition coefficient (Wildman–Crippen LogP) is 4.72. The van der Waals surface area contributed by atoms with E-state index in [2.05, 4.69) is 0 Å². The molecular formula is C21H14ClNO3. The number of nitrogens with zero attached hydrogens (tertiary/aromatic N) is 1. The van der Waals surface area contributed by atoms with Gasteiger partial charge in [0.25, 0.3) is 11.8 Å². The highest BCUT2D eigenvalue weighted by atomic mass is 35.5. The van der Waals surface area contributed by atoms with Gasteiger partial charge < -0.3 is 4.74 Å². The zero-order valence-corrected chi connectivity index (χ0v) is 14.4. The molecule has 0 saturated heterocycles. The van der Waals surface area contributed by atoms with Gasteiger partial charge in [-0.1, -0.05) is 48.0 Å². The minimum atomic E-state index is -0.310. The van der Waals surface area contributed by atoms with Crippen molar-refractivity contribution in [1.82, 2.24) is 0 Å². The van der Waals surface area contributed by atoms with Gasteiger partial charge >= 0.3 is 0 Å². The molecule has 4 rings (SSSR count). The Bertz CT molecular complexity index is 980. The minimum Gasteiger partial charge on any atom is -0.487 e. The molecule has 0 N–H and O–H groups in total. The van der Waals surface area contributed by atoms with E-state index < -0.39 is 0 Å². The number of ether oxygens (including phenoxy) is 1. The first-order chi connectivity index (χ1) is 12.6. The van der Waals surface area contributed by atoms with Gasteiger partial charge in [-0.2, -0.15) is 0 Å². The molecule has 0 radical (unpaired) electrons. The van der Waals surface area contributed by atoms with Crippen molar-refractivity contribution in [2.45, 2.75) is 6.61 Å². The summed E-state index contributed by atoms with van der Waals surface area (Å²) in [4.78, 5) is 26.4. The number of rotatable bonds is 4. The first kappa shape index (κ1) is 16.4. The molecule has 4 nitrogen and oxygen atoms in total. The van der Waals surface area contributed by atoms with Crippen LogP contribution in [0.15, 0.2) is 72.8 Å². The molecule has 5 heteroatoms. The molecule has 3 aromatic carbocycles. The molecule has 0 aromatic heterocycles. The van der Waals surface area contributed by atoms with Crippen LogP contribution in [0.2, 0.25) is 5.02 Å². The molecule has 0 atom stereocenters. The number of benzene rings is 3. The van der Waals surface area contributed by atoms with Crippen molar-refractivity contribution in [3.05, 3.63) is 94.5 Å². The number of hydrogen-bond donors (Lipinski definition) is 0. The summed E-state index contributed by atoms with van der Waals surface area (Å²) in [5, 5.41) is 0.531. The van der Waals surface area contributed by atoms with E-state index in [0.29, 0.717) is 27.6 Å². The van der Waals surface area contributed by atoms with Crippen molar-refractivity contribution < 1.29 is 14.3 Å². The van der Waals surface area contributed by atoms with E-state index >= 15 is 0 Å². The van der Waals surface area contributed by atoms with Crippen molar-refractivity contribution in [3.8, 4) is 5.75 Å². The summed E-state index contributed by atoms with van der Waals surface area (Å²) >= 11 is 6.09. The molecular weight excluding hydrogens is 350 g/mol. The first-order valence-corrected chi connectivity index (χ1v) is 8.47. The Hall–Kier alpha value is -3.11. The van der Waals surface area contributed by atoms with Gasteiger partial charge in [0.15, 0.2) is 0 Å². The summed E-state index contributed by atoms with van der Waals surface area (Å²) < 4.78 is 5.74. The Morgan fingerprint density at radius 3 is 2.15 bits per heavy atom. The Morgan fingerprint density at radius 2 is 1.46 bits per heavy atom. The number of carbonyl (C=O) groups excluding carboxylic acids is 2. The Labute approximate surface area is 155 Å². The van der Waals surface area contributed by atoms with Gasteiger partial charge in [-0.05, 0) is 42.0 Å². The van der Waals surface area contributed by atoms with Crippen molar-refractivity contribution in [2.24, 2.45) is 0 Å². The van der Waals surface area contributed by atoms with Crippen molar-refractivity contribution in [3.63, 3.8) is 0 Å². The van der Waals surface area contributed by atoms with Crippen LogP contribution in [0.5, 0.6) is 5.75 Å². The maximum Gasteiger partial charge on any atom is 0.266 e. The number of carbonyl (C=O) groups is 2. The summed E-state index contributed by atoms with van der Waals surface area (Å²) in [6, 6.07) is 21.2. The quantitative estimate of drug-likeness (QED) is 0.630. The first-order valence-electron chi connectivity index (χ1n) is 8.09. The average molecular weight is 364 g/mol. The minimum absolute atomic E-state index is 0.279. The highest BCUT2D eigenvalue weighted by Gasteiger charge is 2.36. The van der Waals surface area contributed by atoms with Crippen LogP contribution in [0.25, 0.3) is 0 Å². The van der Waals surface area contributed by atoms with E-state index in [4.69, 9.17) is 16.3 Å². The number of imide groups is 1. The summed E-state index contributed by atoms with van der Waals surface area (Å²) in [7, 11) is 0. The molecule has 3 aromatic rings. The highest BCUT2D eigenvalue weighted by Crippen LogP contribution is 2.29. The van der Waals surface area contributed by atoms with E-state index in [0.717, 1.165) is 5.56 Å². The summed E-state index contributed by atoms with van der Waals surface area (Å²) in [5.41, 5.74) is 2.21. The van der Waals surface area contributed by atoms with Gasteiger partial charge in [0.2, 0.25) is 0 Å². The fourth-order valence-electron chi connectivity index (χ4n) is 2.93. The standard InChI is InChI=1S/C21H14ClNO3/c22-18-10-3-4-11-19(18)26-13-14-6-5-7-15(12-14)23-20(24)16-8-1-2-9-17(16)21(23)25/h1-12H,13H2. The van der Waals surface area contributed by atoms with Gasteiger partial charge in [-0.25, -0.2) is 4.90 Å². The van der Waals surface area contributed by atoms with Crippen LogP contribution in [0.4, 0.5) is 5.69 Å². The molecule has 1 aliphatic heterocycles. The largest absolute Gasteiger partial charge is 0.487 e. The van der Waals surface area contributed by atoms with Gasteiger partial charge in [0.05, 0.1) is 21.8 Å². The van der Waals surface area contributed by atoms with Gasteiger partial charge in [-0.3, -0.25) is 9.59 Å². The molecule has 0 aliphatic carbocycles. The SMILES string of the molecule is O=C1c2ccccc2C(=O)N1c1cccc(COc2ccccc2Cl)c1. The van der Waals surface area contributed by atoms with Gasteiger partial charge in [-0.15, -0.1) is 0 Å². The fraction of sp³-hybridized carbons (Fsp3) is 0.0476. The van der Waals surface area contributed by atoms with Crippen LogP contribution in [0, 0.1) is 0 Å². The number of anilines is 1. The summed E-state index contributed by atoms with van der Waals surface area (Å²) in [6.45, 7) is 0.279. The van der Waals surface area contributed by atoms with Crippen LogP contribution in [-0.2, 0) is 6.61 Å². The van der Waals surface area contributed by atoms with Crippen LogP contribution in [0.1, 0.15) is 26.3 Å². The number of halogens is 1. The van der Waals surface area contributed by atoms with Crippen LogP contribution in [0.3, 0.4) is 0 Å². The second-order valence-corrected chi connectivity index (χ2v) is 6.29. The van der Waals surface area contributed by atoms with Crippen LogP contribution < -0.4 is 9.64 Å². The molecule has 0 fully saturated rings. The predicted molar refractivity (Wildman–Crippen MR) is 99.8 cm³/mol. The topological polar surface area (TPSA) is 46.6 Å². The maximum atomic E-state index is 12.6. The van der Waals surface area contributed by atoms with E-state index in [1.54, 1.807) is 54.6 Å². The molecule has 1 aliphatic rings. The number of fused-ring (bicyclic) bond motifs is 1. The van der Waals surface area contributed by atoms with Gasteiger partial charge in [0.1, 0.15) is 12.4 Å². The van der Waals surface area contributed by atoms with E-state index in [9.17, 15) is 9.59 Å². The van der Waals surface area contributed by atoms with Crippen LogP contribution in [-0.4, -0.2) is 11.8 Å². The van der Waals surface area contributed by atoms with Crippen molar-refractivity contribution >= 4 is 29.1 Å². The van der Waals surface area contributed by atoms with E-state index in [1.165, 1.54) is 4.90 Å². The maximum absolute atomic E-state index is 12.6. The Morgan fingerprint density at radius 1 is 0.808 bits per heavy atom. The summed E-state index contributed by atoms with van der Waals surface area (Å²) in [6.07, 6.45) is 0. The molecule has 128 valence electrons. The lowest BCUT2D eigenvalue weighted by molar-refractivity contribution is 0.0926. The summed E-state index contributed by atoms with van der Waals surface area (Å²) in [5.74, 6) is -0.0372. The molecule has 0 unspecified atom stereocenters. The molecule has 0 spiro atoms. The Kier molecular flexibility index (Phi) is 4.19. The smallest absolute Gasteiger partial charge is 0.266 e. The van der Waals surface area contributed by atoms with E-state index in [1.807, 2.05) is 18.2 Å². The second-order valence-electron chi connectivity index (χ2n) is 5.88. The molecule has 2 amide bonds. The van der Waals surface area contributed by atoms with E-state index in [-0.39, 0.29) is 18.4 Å². The second kappa shape index (κ2) is 6.65. The Balaban J connectivity index is 1.58. The lowest BCUT2D eigenvalue weighted by Crippen LogP contribution is -2.29. The third-order valence-electron chi connectivity index (χ3n) is 4.19. The van der Waals surface area contributed by atoms with Gasteiger partial charge in [0, 0.05) is 0 Å². The molecule has 0 saturated carbocycles. The molecule has 26 heavy (non-hydrogen) atoms. The molecule has 0 bridgehead atoms. The zero-order valence-electron chi connectivity index (χ0n) is 13.7.